The van der Waals surface area contributed by atoms with E-state index in [4.69, 9.17) is 11.6 Å². The zero-order valence-corrected chi connectivity index (χ0v) is 13.9. The first kappa shape index (κ1) is 16.2. The molecule has 1 aliphatic heterocycles. The van der Waals surface area contributed by atoms with E-state index in [9.17, 15) is 9.59 Å². The lowest BCUT2D eigenvalue weighted by molar-refractivity contribution is -0.142. The Morgan fingerprint density at radius 3 is 2.75 bits per heavy atom. The van der Waals surface area contributed by atoms with E-state index in [1.54, 1.807) is 30.1 Å². The van der Waals surface area contributed by atoms with E-state index in [0.717, 1.165) is 5.56 Å². The second-order valence-corrected chi connectivity index (χ2v) is 5.74. The summed E-state index contributed by atoms with van der Waals surface area (Å²) in [5, 5.41) is 7.53. The molecular formula is C16H15ClN4O3. The molecule has 1 N–H and O–H groups in total. The summed E-state index contributed by atoms with van der Waals surface area (Å²) in [6, 6.07) is 6.22. The van der Waals surface area contributed by atoms with E-state index >= 15 is 0 Å². The van der Waals surface area contributed by atoms with Crippen LogP contribution in [0.3, 0.4) is 0 Å². The number of amides is 1. The molecule has 0 bridgehead atoms. The molecule has 0 saturated heterocycles. The highest BCUT2D eigenvalue weighted by atomic mass is 35.5. The SMILES string of the molecule is COC(=O)CC1N=C(c2ccc(Cl)cc2)c2c(cnn2C)NC1=O. The van der Waals surface area contributed by atoms with Gasteiger partial charge in [0.1, 0.15) is 11.7 Å². The minimum atomic E-state index is -0.879. The highest BCUT2D eigenvalue weighted by Crippen LogP contribution is 2.25. The number of aryl methyl sites for hydroxylation is 1. The number of carbonyl (C=O) groups is 2. The Morgan fingerprint density at radius 2 is 2.08 bits per heavy atom. The van der Waals surface area contributed by atoms with Crippen molar-refractivity contribution in [2.24, 2.45) is 12.0 Å². The number of methoxy groups -OCH3 is 1. The fourth-order valence-corrected chi connectivity index (χ4v) is 2.63. The Balaban J connectivity index is 2.12. The maximum atomic E-state index is 12.4. The van der Waals surface area contributed by atoms with Crippen LogP contribution in [0.15, 0.2) is 35.5 Å². The number of anilines is 1. The van der Waals surface area contributed by atoms with Gasteiger partial charge in [-0.1, -0.05) is 23.7 Å². The van der Waals surface area contributed by atoms with Gasteiger partial charge in [0.2, 0.25) is 5.91 Å². The Morgan fingerprint density at radius 1 is 1.38 bits per heavy atom. The van der Waals surface area contributed by atoms with Gasteiger partial charge in [0.05, 0.1) is 31.1 Å². The maximum Gasteiger partial charge on any atom is 0.308 e. The van der Waals surface area contributed by atoms with Gasteiger partial charge >= 0.3 is 5.97 Å². The van der Waals surface area contributed by atoms with Crippen molar-refractivity contribution < 1.29 is 14.3 Å². The first-order valence-corrected chi connectivity index (χ1v) is 7.61. The van der Waals surface area contributed by atoms with Crippen molar-refractivity contribution in [2.75, 3.05) is 12.4 Å². The Hall–Kier alpha value is -2.67. The number of rotatable bonds is 3. The van der Waals surface area contributed by atoms with E-state index in [1.807, 2.05) is 12.1 Å². The van der Waals surface area contributed by atoms with Gasteiger partial charge in [0.25, 0.3) is 0 Å². The third-order valence-electron chi connectivity index (χ3n) is 3.71. The van der Waals surface area contributed by atoms with Crippen LogP contribution in [-0.2, 0) is 21.4 Å². The topological polar surface area (TPSA) is 85.6 Å². The van der Waals surface area contributed by atoms with Crippen molar-refractivity contribution >= 4 is 34.9 Å². The lowest BCUT2D eigenvalue weighted by Crippen LogP contribution is -2.28. The summed E-state index contributed by atoms with van der Waals surface area (Å²) in [6.45, 7) is 0. The third kappa shape index (κ3) is 3.03. The van der Waals surface area contributed by atoms with Crippen molar-refractivity contribution in [3.63, 3.8) is 0 Å². The monoisotopic (exact) mass is 346 g/mol. The first-order chi connectivity index (χ1) is 11.5. The van der Waals surface area contributed by atoms with Crippen LogP contribution in [0.25, 0.3) is 0 Å². The molecule has 3 rings (SSSR count). The molecule has 1 aliphatic rings. The number of esters is 1. The molecule has 1 unspecified atom stereocenters. The van der Waals surface area contributed by atoms with Gasteiger partial charge in [-0.05, 0) is 12.1 Å². The number of halogens is 1. The number of benzene rings is 1. The molecule has 0 fully saturated rings. The van der Waals surface area contributed by atoms with E-state index < -0.39 is 12.0 Å². The van der Waals surface area contributed by atoms with Crippen molar-refractivity contribution in [1.82, 2.24) is 9.78 Å². The summed E-state index contributed by atoms with van der Waals surface area (Å²) >= 11 is 5.95. The van der Waals surface area contributed by atoms with E-state index in [2.05, 4.69) is 20.1 Å². The fourth-order valence-electron chi connectivity index (χ4n) is 2.50. The molecule has 0 aliphatic carbocycles. The molecule has 1 aromatic carbocycles. The number of nitrogens with one attached hydrogen (secondary N) is 1. The number of nitrogens with zero attached hydrogens (tertiary/aromatic N) is 3. The van der Waals surface area contributed by atoms with E-state index in [1.165, 1.54) is 7.11 Å². The standard InChI is InChI=1S/C16H15ClN4O3/c1-21-15-12(8-18-21)20-16(23)11(7-13(22)24-2)19-14(15)9-3-5-10(17)6-4-9/h3-6,8,11H,7H2,1-2H3,(H,20,23). The first-order valence-electron chi connectivity index (χ1n) is 7.23. The van der Waals surface area contributed by atoms with Crippen LogP contribution in [0.1, 0.15) is 17.7 Å². The molecule has 2 aromatic rings. The van der Waals surface area contributed by atoms with Crippen LogP contribution < -0.4 is 5.32 Å². The van der Waals surface area contributed by atoms with Crippen molar-refractivity contribution in [1.29, 1.82) is 0 Å². The highest BCUT2D eigenvalue weighted by Gasteiger charge is 2.30. The largest absolute Gasteiger partial charge is 0.469 e. The molecule has 1 amide bonds. The van der Waals surface area contributed by atoms with Crippen LogP contribution in [0.5, 0.6) is 0 Å². The lowest BCUT2D eigenvalue weighted by Gasteiger charge is -2.10. The number of aliphatic imine (C=N–C) groups is 1. The normalized spacial score (nSPS) is 16.7. The summed E-state index contributed by atoms with van der Waals surface area (Å²) in [5.41, 5.74) is 2.55. The predicted molar refractivity (Wildman–Crippen MR) is 89.3 cm³/mol. The van der Waals surface area contributed by atoms with Crippen LogP contribution in [0.4, 0.5) is 5.69 Å². The second kappa shape index (κ2) is 6.45. The van der Waals surface area contributed by atoms with Gasteiger partial charge in [-0.2, -0.15) is 5.10 Å². The van der Waals surface area contributed by atoms with Gasteiger partial charge in [-0.25, -0.2) is 0 Å². The summed E-state index contributed by atoms with van der Waals surface area (Å²) < 4.78 is 6.29. The fraction of sp³-hybridized carbons (Fsp3) is 0.250. The Labute approximate surface area is 143 Å². The van der Waals surface area contributed by atoms with Crippen LogP contribution >= 0.6 is 11.6 Å². The molecule has 0 spiro atoms. The minimum absolute atomic E-state index is 0.138. The molecule has 24 heavy (non-hydrogen) atoms. The number of hydrogen-bond acceptors (Lipinski definition) is 5. The van der Waals surface area contributed by atoms with Gasteiger partial charge in [-0.3, -0.25) is 19.3 Å². The van der Waals surface area contributed by atoms with Crippen LogP contribution in [-0.4, -0.2) is 40.5 Å². The highest BCUT2D eigenvalue weighted by molar-refractivity contribution is 6.30. The number of hydrogen-bond donors (Lipinski definition) is 1. The molecule has 0 radical (unpaired) electrons. The zero-order valence-electron chi connectivity index (χ0n) is 13.1. The van der Waals surface area contributed by atoms with E-state index in [-0.39, 0.29) is 12.3 Å². The number of aromatic nitrogens is 2. The maximum absolute atomic E-state index is 12.4. The Kier molecular flexibility index (Phi) is 4.35. The van der Waals surface area contributed by atoms with E-state index in [0.29, 0.717) is 22.1 Å². The average molecular weight is 347 g/mol. The summed E-state index contributed by atoms with van der Waals surface area (Å²) in [7, 11) is 3.04. The molecule has 1 aromatic heterocycles. The smallest absolute Gasteiger partial charge is 0.308 e. The summed E-state index contributed by atoms with van der Waals surface area (Å²) in [4.78, 5) is 28.5. The van der Waals surface area contributed by atoms with Crippen molar-refractivity contribution in [3.8, 4) is 0 Å². The minimum Gasteiger partial charge on any atom is -0.469 e. The predicted octanol–water partition coefficient (Wildman–Crippen LogP) is 1.79. The molecule has 1 atom stereocenters. The Bertz CT molecular complexity index is 826. The average Bonchev–Trinajstić information content (AvgIpc) is 2.85. The number of ether oxygens (including phenoxy) is 1. The summed E-state index contributed by atoms with van der Waals surface area (Å²) in [5.74, 6) is -0.878. The quantitative estimate of drug-likeness (QED) is 0.859. The molecule has 124 valence electrons. The molecule has 0 saturated carbocycles. The zero-order chi connectivity index (χ0) is 17.3. The van der Waals surface area contributed by atoms with Gasteiger partial charge in [0.15, 0.2) is 0 Å². The molecule has 2 heterocycles. The number of carbonyl (C=O) groups excluding carboxylic acids is 2. The molecule has 7 nitrogen and oxygen atoms in total. The van der Waals surface area contributed by atoms with Gasteiger partial charge in [0, 0.05) is 17.6 Å². The second-order valence-electron chi connectivity index (χ2n) is 5.30. The number of fused-ring (bicyclic) bond motifs is 1. The third-order valence-corrected chi connectivity index (χ3v) is 3.97. The van der Waals surface area contributed by atoms with Crippen LogP contribution in [0.2, 0.25) is 5.02 Å². The molecule has 8 heteroatoms. The summed E-state index contributed by atoms with van der Waals surface area (Å²) in [6.07, 6.45) is 1.42. The van der Waals surface area contributed by atoms with Gasteiger partial charge in [-0.15, -0.1) is 0 Å². The van der Waals surface area contributed by atoms with Crippen LogP contribution in [0, 0.1) is 0 Å². The van der Waals surface area contributed by atoms with Crippen molar-refractivity contribution in [3.05, 3.63) is 46.7 Å². The molecular weight excluding hydrogens is 332 g/mol. The van der Waals surface area contributed by atoms with Gasteiger partial charge < -0.3 is 10.1 Å². The van der Waals surface area contributed by atoms with Crippen molar-refractivity contribution in [2.45, 2.75) is 12.5 Å². The lowest BCUT2D eigenvalue weighted by atomic mass is 10.1.